The van der Waals surface area contributed by atoms with E-state index in [-0.39, 0.29) is 5.41 Å². The maximum absolute atomic E-state index is 11.4. The fraction of sp³-hybridized carbons (Fsp3) is 0.583. The first-order valence-corrected chi connectivity index (χ1v) is 5.19. The molecule has 2 N–H and O–H groups in total. The molecule has 1 atom stereocenters. The van der Waals surface area contributed by atoms with E-state index in [0.29, 0.717) is 6.42 Å². The molecular weight excluding hydrogens is 224 g/mol. The normalized spacial score (nSPS) is 24.7. The summed E-state index contributed by atoms with van der Waals surface area (Å²) in [4.78, 5) is 31.0. The zero-order chi connectivity index (χ0) is 13.9. The minimum absolute atomic E-state index is 0.359. The Kier molecular flexibility index (Phi) is 4.62. The van der Waals surface area contributed by atoms with Crippen molar-refractivity contribution in [2.75, 3.05) is 0 Å². The van der Waals surface area contributed by atoms with Crippen LogP contribution >= 0.6 is 0 Å². The summed E-state index contributed by atoms with van der Waals surface area (Å²) < 4.78 is 0. The average Bonchev–Trinajstić information content (AvgIpc) is 2.40. The van der Waals surface area contributed by atoms with Crippen molar-refractivity contribution in [1.82, 2.24) is 0 Å². The lowest BCUT2D eigenvalue weighted by Gasteiger charge is -2.34. The van der Waals surface area contributed by atoms with Gasteiger partial charge >= 0.3 is 5.97 Å². The second kappa shape index (κ2) is 5.12. The molecule has 0 saturated heterocycles. The molecule has 0 heterocycles. The SMILES string of the molecule is CC(=O)O.CC1(C)C=CC[C@]1(C)C(=O)C(=O)O. The fourth-order valence-electron chi connectivity index (χ4n) is 1.66. The number of hydrogen-bond acceptors (Lipinski definition) is 3. The van der Waals surface area contributed by atoms with Gasteiger partial charge in [-0.15, -0.1) is 0 Å². The Labute approximate surface area is 100 Å². The van der Waals surface area contributed by atoms with Gasteiger partial charge in [0.25, 0.3) is 5.97 Å². The molecule has 0 aromatic rings. The molecular formula is C12H18O5. The molecule has 0 amide bonds. The monoisotopic (exact) mass is 242 g/mol. The third-order valence-corrected chi connectivity index (χ3v) is 3.18. The molecule has 0 saturated carbocycles. The topological polar surface area (TPSA) is 91.7 Å². The third-order valence-electron chi connectivity index (χ3n) is 3.18. The van der Waals surface area contributed by atoms with Gasteiger partial charge in [-0.2, -0.15) is 0 Å². The predicted octanol–water partition coefficient (Wildman–Crippen LogP) is 1.72. The van der Waals surface area contributed by atoms with Crippen molar-refractivity contribution < 1.29 is 24.6 Å². The van der Waals surface area contributed by atoms with Crippen LogP contribution in [0.4, 0.5) is 0 Å². The van der Waals surface area contributed by atoms with Gasteiger partial charge < -0.3 is 10.2 Å². The summed E-state index contributed by atoms with van der Waals surface area (Å²) in [5.74, 6) is -2.86. The van der Waals surface area contributed by atoms with E-state index in [1.807, 2.05) is 26.0 Å². The van der Waals surface area contributed by atoms with E-state index >= 15 is 0 Å². The zero-order valence-corrected chi connectivity index (χ0v) is 10.5. The highest BCUT2D eigenvalue weighted by molar-refractivity contribution is 6.35. The number of Topliss-reactive ketones (excluding diaryl/α,β-unsaturated/α-hetero) is 1. The number of carboxylic acid groups (broad SMARTS) is 2. The molecule has 0 bridgehead atoms. The second-order valence-electron chi connectivity index (χ2n) is 4.81. The molecule has 0 unspecified atom stereocenters. The summed E-state index contributed by atoms with van der Waals surface area (Å²) >= 11 is 0. The van der Waals surface area contributed by atoms with E-state index in [2.05, 4.69) is 0 Å². The molecule has 1 aliphatic rings. The van der Waals surface area contributed by atoms with Crippen molar-refractivity contribution in [3.63, 3.8) is 0 Å². The molecule has 1 rings (SSSR count). The number of carboxylic acids is 2. The first kappa shape index (κ1) is 15.3. The Morgan fingerprint density at radius 2 is 1.53 bits per heavy atom. The predicted molar refractivity (Wildman–Crippen MR) is 61.6 cm³/mol. The van der Waals surface area contributed by atoms with E-state index in [4.69, 9.17) is 15.0 Å². The summed E-state index contributed by atoms with van der Waals surface area (Å²) in [5.41, 5.74) is -1.14. The number of aliphatic carboxylic acids is 2. The van der Waals surface area contributed by atoms with Crippen LogP contribution in [0.1, 0.15) is 34.1 Å². The molecule has 0 aromatic carbocycles. The molecule has 5 nitrogen and oxygen atoms in total. The molecule has 0 aliphatic heterocycles. The maximum Gasteiger partial charge on any atom is 0.372 e. The fourth-order valence-corrected chi connectivity index (χ4v) is 1.66. The van der Waals surface area contributed by atoms with E-state index in [9.17, 15) is 9.59 Å². The van der Waals surface area contributed by atoms with Gasteiger partial charge in [0, 0.05) is 12.3 Å². The Hall–Kier alpha value is -1.65. The third kappa shape index (κ3) is 3.41. The number of ketones is 1. The van der Waals surface area contributed by atoms with Crippen molar-refractivity contribution in [1.29, 1.82) is 0 Å². The smallest absolute Gasteiger partial charge is 0.372 e. The minimum atomic E-state index is -1.33. The highest BCUT2D eigenvalue weighted by Gasteiger charge is 2.50. The lowest BCUT2D eigenvalue weighted by Crippen LogP contribution is -2.41. The van der Waals surface area contributed by atoms with Gasteiger partial charge in [-0.05, 0) is 11.8 Å². The van der Waals surface area contributed by atoms with Crippen LogP contribution in [-0.2, 0) is 14.4 Å². The van der Waals surface area contributed by atoms with Crippen LogP contribution in [-0.4, -0.2) is 27.9 Å². The minimum Gasteiger partial charge on any atom is -0.481 e. The first-order chi connectivity index (χ1) is 7.54. The van der Waals surface area contributed by atoms with E-state index < -0.39 is 23.1 Å². The molecule has 17 heavy (non-hydrogen) atoms. The molecule has 1 aliphatic carbocycles. The van der Waals surface area contributed by atoms with Crippen molar-refractivity contribution in [3.8, 4) is 0 Å². The van der Waals surface area contributed by atoms with Crippen molar-refractivity contribution >= 4 is 17.7 Å². The van der Waals surface area contributed by atoms with Crippen LogP contribution in [0.3, 0.4) is 0 Å². The van der Waals surface area contributed by atoms with Gasteiger partial charge in [0.2, 0.25) is 5.78 Å². The number of allylic oxidation sites excluding steroid dienone is 2. The number of rotatable bonds is 2. The zero-order valence-electron chi connectivity index (χ0n) is 10.5. The number of carbonyl (C=O) groups is 3. The quantitative estimate of drug-likeness (QED) is 0.568. The van der Waals surface area contributed by atoms with Gasteiger partial charge in [0.05, 0.1) is 0 Å². The highest BCUT2D eigenvalue weighted by Crippen LogP contribution is 2.48. The summed E-state index contributed by atoms with van der Waals surface area (Å²) in [6.45, 7) is 6.57. The molecule has 0 fully saturated rings. The Morgan fingerprint density at radius 1 is 1.12 bits per heavy atom. The Balaban J connectivity index is 0.000000557. The number of carbonyl (C=O) groups excluding carboxylic acids is 1. The van der Waals surface area contributed by atoms with Crippen LogP contribution in [0.5, 0.6) is 0 Å². The van der Waals surface area contributed by atoms with E-state index in [1.54, 1.807) is 6.92 Å². The van der Waals surface area contributed by atoms with Gasteiger partial charge in [0.15, 0.2) is 0 Å². The van der Waals surface area contributed by atoms with Crippen LogP contribution in [0.2, 0.25) is 0 Å². The Bertz CT molecular complexity index is 363. The Morgan fingerprint density at radius 3 is 1.76 bits per heavy atom. The lowest BCUT2D eigenvalue weighted by molar-refractivity contribution is -0.156. The van der Waals surface area contributed by atoms with E-state index in [0.717, 1.165) is 6.92 Å². The highest BCUT2D eigenvalue weighted by atomic mass is 16.4. The molecule has 0 spiro atoms. The van der Waals surface area contributed by atoms with Crippen molar-refractivity contribution in [2.45, 2.75) is 34.1 Å². The molecule has 0 radical (unpaired) electrons. The molecule has 96 valence electrons. The van der Waals surface area contributed by atoms with Crippen LogP contribution in [0.15, 0.2) is 12.2 Å². The molecule has 5 heteroatoms. The largest absolute Gasteiger partial charge is 0.481 e. The average molecular weight is 242 g/mol. The summed E-state index contributed by atoms with van der Waals surface area (Å²) in [6, 6.07) is 0. The van der Waals surface area contributed by atoms with Crippen molar-refractivity contribution in [3.05, 3.63) is 12.2 Å². The lowest BCUT2D eigenvalue weighted by atomic mass is 9.66. The van der Waals surface area contributed by atoms with Gasteiger partial charge in [-0.3, -0.25) is 9.59 Å². The van der Waals surface area contributed by atoms with E-state index in [1.165, 1.54) is 0 Å². The molecule has 0 aromatic heterocycles. The van der Waals surface area contributed by atoms with Crippen molar-refractivity contribution in [2.24, 2.45) is 10.8 Å². The van der Waals surface area contributed by atoms with Gasteiger partial charge in [-0.25, -0.2) is 4.79 Å². The second-order valence-corrected chi connectivity index (χ2v) is 4.81. The number of hydrogen-bond donors (Lipinski definition) is 2. The van der Waals surface area contributed by atoms with Gasteiger partial charge in [0.1, 0.15) is 0 Å². The van der Waals surface area contributed by atoms with Gasteiger partial charge in [-0.1, -0.05) is 32.9 Å². The summed E-state index contributed by atoms with van der Waals surface area (Å²) in [7, 11) is 0. The van der Waals surface area contributed by atoms with Crippen LogP contribution in [0.25, 0.3) is 0 Å². The van der Waals surface area contributed by atoms with Crippen LogP contribution in [0, 0.1) is 10.8 Å². The standard InChI is InChI=1S/C10H14O3.C2H4O2/c1-9(2)5-4-6-10(9,3)7(11)8(12)13;1-2(3)4/h4-5H,6H2,1-3H3,(H,12,13);1H3,(H,3,4)/t10-;/m1./s1. The summed E-state index contributed by atoms with van der Waals surface area (Å²) in [5, 5.41) is 16.1. The maximum atomic E-state index is 11.4. The first-order valence-electron chi connectivity index (χ1n) is 5.19. The van der Waals surface area contributed by atoms with Crippen LogP contribution < -0.4 is 0 Å². The summed E-state index contributed by atoms with van der Waals surface area (Å²) in [6.07, 6.45) is 4.31.